The smallest absolute Gasteiger partial charge is 0.262 e. The van der Waals surface area contributed by atoms with Gasteiger partial charge in [0.15, 0.2) is 0 Å². The Hall–Kier alpha value is -1.20. The van der Waals surface area contributed by atoms with Gasteiger partial charge in [-0.05, 0) is 30.8 Å². The highest BCUT2D eigenvalue weighted by Gasteiger charge is 2.06. The van der Waals surface area contributed by atoms with Gasteiger partial charge in [0.25, 0.3) is 5.22 Å². The van der Waals surface area contributed by atoms with Crippen LogP contribution in [0.5, 0.6) is 0 Å². The molecule has 15 heavy (non-hydrogen) atoms. The summed E-state index contributed by atoms with van der Waals surface area (Å²) < 4.78 is 5.18. The highest BCUT2D eigenvalue weighted by Crippen LogP contribution is 2.27. The van der Waals surface area contributed by atoms with E-state index in [0.717, 1.165) is 5.69 Å². The largest absolute Gasteiger partial charge is 0.439 e. The number of oxazole rings is 1. The quantitative estimate of drug-likeness (QED) is 0.819. The number of anilines is 1. The molecule has 0 saturated carbocycles. The molecule has 0 aliphatic rings. The molecule has 0 bridgehead atoms. The van der Waals surface area contributed by atoms with Crippen molar-refractivity contribution in [3.63, 3.8) is 0 Å². The molecular weight excluding hydrogens is 234 g/mol. The Morgan fingerprint density at radius 2 is 2.20 bits per heavy atom. The first-order chi connectivity index (χ1) is 7.13. The van der Waals surface area contributed by atoms with Gasteiger partial charge in [0, 0.05) is 5.69 Å². The number of rotatable bonds is 2. The summed E-state index contributed by atoms with van der Waals surface area (Å²) in [6.07, 6.45) is 1.58. The van der Waals surface area contributed by atoms with Gasteiger partial charge in [0.05, 0.1) is 5.69 Å². The third-order valence-corrected chi connectivity index (χ3v) is 2.56. The van der Waals surface area contributed by atoms with E-state index in [1.807, 2.05) is 6.92 Å². The van der Waals surface area contributed by atoms with Crippen LogP contribution < -0.4 is 5.73 Å². The molecule has 0 amide bonds. The van der Waals surface area contributed by atoms with Gasteiger partial charge in [-0.1, -0.05) is 11.6 Å². The lowest BCUT2D eigenvalue weighted by atomic mass is 10.4. The fourth-order valence-corrected chi connectivity index (χ4v) is 2.08. The molecule has 0 spiro atoms. The van der Waals surface area contributed by atoms with Crippen LogP contribution in [0.3, 0.4) is 0 Å². The van der Waals surface area contributed by atoms with Gasteiger partial charge in [-0.15, -0.1) is 0 Å². The summed E-state index contributed by atoms with van der Waals surface area (Å²) in [6, 6.07) is 3.31. The molecule has 2 heterocycles. The van der Waals surface area contributed by atoms with Crippen LogP contribution in [-0.2, 0) is 0 Å². The van der Waals surface area contributed by atoms with E-state index in [2.05, 4.69) is 9.97 Å². The number of aryl methyl sites for hydroxylation is 1. The molecule has 0 aromatic carbocycles. The van der Waals surface area contributed by atoms with E-state index < -0.39 is 0 Å². The highest BCUT2D eigenvalue weighted by atomic mass is 35.5. The van der Waals surface area contributed by atoms with E-state index >= 15 is 0 Å². The molecular formula is C9H8ClN3OS. The summed E-state index contributed by atoms with van der Waals surface area (Å²) in [5.41, 5.74) is 7.03. The van der Waals surface area contributed by atoms with E-state index in [-0.39, 0.29) is 0 Å². The number of hydrogen-bond acceptors (Lipinski definition) is 5. The van der Waals surface area contributed by atoms with Crippen LogP contribution >= 0.6 is 23.4 Å². The standard InChI is InChI=1S/C9H8ClN3OS/c1-5-4-14-9(12-5)15-8-3-6(11)2-7(10)13-8/h2-4H,1H3,(H2,11,13). The van der Waals surface area contributed by atoms with Crippen LogP contribution in [-0.4, -0.2) is 9.97 Å². The molecule has 6 heteroatoms. The fourth-order valence-electron chi connectivity index (χ4n) is 1.01. The van der Waals surface area contributed by atoms with Gasteiger partial charge < -0.3 is 10.2 Å². The third kappa shape index (κ3) is 2.64. The summed E-state index contributed by atoms with van der Waals surface area (Å²) in [4.78, 5) is 8.22. The fraction of sp³-hybridized carbons (Fsp3) is 0.111. The summed E-state index contributed by atoms with van der Waals surface area (Å²) >= 11 is 7.05. The minimum Gasteiger partial charge on any atom is -0.439 e. The molecule has 2 N–H and O–H groups in total. The van der Waals surface area contributed by atoms with Gasteiger partial charge in [0.2, 0.25) is 0 Å². The summed E-state index contributed by atoms with van der Waals surface area (Å²) in [5, 5.41) is 1.56. The molecule has 4 nitrogen and oxygen atoms in total. The van der Waals surface area contributed by atoms with E-state index in [1.165, 1.54) is 11.8 Å². The van der Waals surface area contributed by atoms with Crippen molar-refractivity contribution >= 4 is 29.1 Å². The van der Waals surface area contributed by atoms with Crippen LogP contribution in [0.4, 0.5) is 5.69 Å². The van der Waals surface area contributed by atoms with Crippen LogP contribution in [0.1, 0.15) is 5.69 Å². The molecule has 78 valence electrons. The van der Waals surface area contributed by atoms with E-state index in [0.29, 0.717) is 21.1 Å². The van der Waals surface area contributed by atoms with Crippen molar-refractivity contribution < 1.29 is 4.42 Å². The number of nitrogen functional groups attached to an aromatic ring is 1. The van der Waals surface area contributed by atoms with Crippen molar-refractivity contribution in [2.75, 3.05) is 5.73 Å². The monoisotopic (exact) mass is 241 g/mol. The average Bonchev–Trinajstić information content (AvgIpc) is 2.49. The lowest BCUT2D eigenvalue weighted by molar-refractivity contribution is 0.454. The predicted molar refractivity (Wildman–Crippen MR) is 59.0 cm³/mol. The van der Waals surface area contributed by atoms with Crippen molar-refractivity contribution in [2.24, 2.45) is 0 Å². The second kappa shape index (κ2) is 4.12. The second-order valence-corrected chi connectivity index (χ2v) is 4.28. The Labute approximate surface area is 95.9 Å². The minimum atomic E-state index is 0.362. The average molecular weight is 242 g/mol. The Balaban J connectivity index is 2.24. The molecule has 2 rings (SSSR count). The topological polar surface area (TPSA) is 64.9 Å². The van der Waals surface area contributed by atoms with Crippen molar-refractivity contribution in [1.29, 1.82) is 0 Å². The molecule has 0 fully saturated rings. The Morgan fingerprint density at radius 3 is 2.80 bits per heavy atom. The summed E-state index contributed by atoms with van der Waals surface area (Å²) in [6.45, 7) is 1.85. The zero-order valence-electron chi connectivity index (χ0n) is 7.90. The van der Waals surface area contributed by atoms with Crippen molar-refractivity contribution in [1.82, 2.24) is 9.97 Å². The van der Waals surface area contributed by atoms with E-state index in [9.17, 15) is 0 Å². The first kappa shape index (κ1) is 10.3. The van der Waals surface area contributed by atoms with Gasteiger partial charge in [-0.3, -0.25) is 0 Å². The number of halogens is 1. The first-order valence-corrected chi connectivity index (χ1v) is 5.36. The zero-order valence-corrected chi connectivity index (χ0v) is 9.47. The van der Waals surface area contributed by atoms with Crippen LogP contribution in [0.2, 0.25) is 5.15 Å². The van der Waals surface area contributed by atoms with E-state index in [1.54, 1.807) is 18.4 Å². The number of hydrogen-bond donors (Lipinski definition) is 1. The molecule has 0 radical (unpaired) electrons. The van der Waals surface area contributed by atoms with Crippen molar-refractivity contribution in [3.05, 3.63) is 29.2 Å². The maximum atomic E-state index is 5.77. The molecule has 2 aromatic rings. The van der Waals surface area contributed by atoms with Crippen LogP contribution in [0.15, 0.2) is 33.1 Å². The summed E-state index contributed by atoms with van der Waals surface area (Å²) in [7, 11) is 0. The number of pyridine rings is 1. The zero-order chi connectivity index (χ0) is 10.8. The molecule has 0 aliphatic carbocycles. The van der Waals surface area contributed by atoms with Crippen molar-refractivity contribution in [2.45, 2.75) is 17.2 Å². The Morgan fingerprint density at radius 1 is 1.40 bits per heavy atom. The van der Waals surface area contributed by atoms with Crippen molar-refractivity contribution in [3.8, 4) is 0 Å². The lowest BCUT2D eigenvalue weighted by Gasteiger charge is -1.99. The van der Waals surface area contributed by atoms with Gasteiger partial charge >= 0.3 is 0 Å². The molecule has 0 atom stereocenters. The normalized spacial score (nSPS) is 10.5. The third-order valence-electron chi connectivity index (χ3n) is 1.58. The summed E-state index contributed by atoms with van der Waals surface area (Å²) in [5.74, 6) is 0. The number of nitrogens with zero attached hydrogens (tertiary/aromatic N) is 2. The maximum Gasteiger partial charge on any atom is 0.262 e. The maximum absolute atomic E-state index is 5.77. The SMILES string of the molecule is Cc1coc(Sc2cc(N)cc(Cl)n2)n1. The first-order valence-electron chi connectivity index (χ1n) is 4.16. The molecule has 0 aliphatic heterocycles. The molecule has 2 aromatic heterocycles. The number of nitrogens with two attached hydrogens (primary N) is 1. The van der Waals surface area contributed by atoms with Crippen LogP contribution in [0, 0.1) is 6.92 Å². The minimum absolute atomic E-state index is 0.362. The van der Waals surface area contributed by atoms with Crippen LogP contribution in [0.25, 0.3) is 0 Å². The molecule has 0 saturated heterocycles. The van der Waals surface area contributed by atoms with Gasteiger partial charge in [0.1, 0.15) is 16.4 Å². The highest BCUT2D eigenvalue weighted by molar-refractivity contribution is 7.99. The Kier molecular flexibility index (Phi) is 2.83. The van der Waals surface area contributed by atoms with E-state index in [4.69, 9.17) is 21.8 Å². The second-order valence-electron chi connectivity index (χ2n) is 2.92. The number of aromatic nitrogens is 2. The lowest BCUT2D eigenvalue weighted by Crippen LogP contribution is -1.88. The van der Waals surface area contributed by atoms with Gasteiger partial charge in [-0.25, -0.2) is 9.97 Å². The molecule has 0 unspecified atom stereocenters. The van der Waals surface area contributed by atoms with Gasteiger partial charge in [-0.2, -0.15) is 0 Å². The predicted octanol–water partition coefficient (Wildman–Crippen LogP) is 2.76. The Bertz CT molecular complexity index is 466.